The van der Waals surface area contributed by atoms with Gasteiger partial charge in [0.25, 0.3) is 5.69 Å². The largest absolute Gasteiger partial charge is 0.347 e. The van der Waals surface area contributed by atoms with Crippen molar-refractivity contribution in [2.75, 3.05) is 0 Å². The molecule has 1 aromatic heterocycles. The van der Waals surface area contributed by atoms with E-state index in [9.17, 15) is 14.9 Å². The topological polar surface area (TPSA) is 65.1 Å². The molecular weight excluding hydrogens is 244 g/mol. The maximum absolute atomic E-state index is 11.7. The third kappa shape index (κ3) is 1.89. The molecule has 0 spiro atoms. The van der Waals surface area contributed by atoms with Crippen LogP contribution in [-0.4, -0.2) is 9.49 Å². The van der Waals surface area contributed by atoms with Crippen molar-refractivity contribution < 1.29 is 4.92 Å². The van der Waals surface area contributed by atoms with Gasteiger partial charge in [-0.25, -0.2) is 0 Å². The predicted octanol–water partition coefficient (Wildman–Crippen LogP) is 2.58. The molecule has 17 heavy (non-hydrogen) atoms. The quantitative estimate of drug-likeness (QED) is 0.609. The Bertz CT molecular complexity index is 664. The van der Waals surface area contributed by atoms with Crippen LogP contribution < -0.4 is 5.43 Å². The van der Waals surface area contributed by atoms with Gasteiger partial charge in [0.2, 0.25) is 0 Å². The first-order valence-electron chi connectivity index (χ1n) is 5.01. The van der Waals surface area contributed by atoms with Crippen LogP contribution in [0.2, 0.25) is 5.02 Å². The molecule has 0 amide bonds. The predicted molar refractivity (Wildman–Crippen MR) is 65.5 cm³/mol. The molecule has 1 aromatic carbocycles. The van der Waals surface area contributed by atoms with E-state index in [1.54, 1.807) is 6.20 Å². The summed E-state index contributed by atoms with van der Waals surface area (Å²) in [5, 5.41) is 11.1. The molecule has 0 aliphatic heterocycles. The van der Waals surface area contributed by atoms with Gasteiger partial charge in [0.05, 0.1) is 15.8 Å². The fraction of sp³-hybridized carbons (Fsp3) is 0.182. The molecule has 0 N–H and O–H groups in total. The van der Waals surface area contributed by atoms with Crippen molar-refractivity contribution in [2.24, 2.45) is 0 Å². The number of aryl methyl sites for hydroxylation is 1. The number of nitro benzene ring substituents is 1. The first-order valence-corrected chi connectivity index (χ1v) is 5.39. The van der Waals surface area contributed by atoms with Crippen molar-refractivity contribution in [1.29, 1.82) is 0 Å². The minimum atomic E-state index is -0.593. The Balaban J connectivity index is 2.91. The molecule has 88 valence electrons. The maximum Gasteiger partial charge on any atom is 0.288 e. The second-order valence-corrected chi connectivity index (χ2v) is 3.95. The van der Waals surface area contributed by atoms with Crippen molar-refractivity contribution in [3.05, 3.63) is 49.8 Å². The number of nitrogens with zero attached hydrogens (tertiary/aromatic N) is 2. The van der Waals surface area contributed by atoms with Crippen LogP contribution in [0.1, 0.15) is 6.92 Å². The van der Waals surface area contributed by atoms with E-state index in [0.29, 0.717) is 17.4 Å². The van der Waals surface area contributed by atoms with Gasteiger partial charge in [-0.05, 0) is 13.0 Å². The van der Waals surface area contributed by atoms with Crippen LogP contribution in [0.5, 0.6) is 0 Å². The lowest BCUT2D eigenvalue weighted by molar-refractivity contribution is -0.384. The Kier molecular flexibility index (Phi) is 2.85. The van der Waals surface area contributed by atoms with E-state index in [1.165, 1.54) is 18.2 Å². The fourth-order valence-electron chi connectivity index (χ4n) is 1.73. The molecule has 0 radical (unpaired) electrons. The number of nitro groups is 1. The van der Waals surface area contributed by atoms with Gasteiger partial charge >= 0.3 is 0 Å². The summed E-state index contributed by atoms with van der Waals surface area (Å²) in [6, 6.07) is 4.08. The van der Waals surface area contributed by atoms with E-state index in [2.05, 4.69) is 0 Å². The number of halogens is 1. The lowest BCUT2D eigenvalue weighted by Gasteiger charge is -2.08. The summed E-state index contributed by atoms with van der Waals surface area (Å²) in [6.45, 7) is 2.57. The SMILES string of the molecule is CCn1ccc(=O)c2cc([N+](=O)[O-])c(Cl)cc21. The monoisotopic (exact) mass is 252 g/mol. The minimum Gasteiger partial charge on any atom is -0.347 e. The number of aromatic nitrogens is 1. The van der Waals surface area contributed by atoms with E-state index in [1.807, 2.05) is 11.5 Å². The summed E-state index contributed by atoms with van der Waals surface area (Å²) in [4.78, 5) is 21.8. The first-order chi connectivity index (χ1) is 8.04. The summed E-state index contributed by atoms with van der Waals surface area (Å²) in [7, 11) is 0. The Morgan fingerprint density at radius 3 is 2.76 bits per heavy atom. The lowest BCUT2D eigenvalue weighted by Crippen LogP contribution is -2.07. The molecule has 0 saturated heterocycles. The van der Waals surface area contributed by atoms with Crippen LogP contribution in [0.4, 0.5) is 5.69 Å². The van der Waals surface area contributed by atoms with Crippen LogP contribution in [0.25, 0.3) is 10.9 Å². The molecule has 0 aliphatic carbocycles. The molecule has 2 aromatic rings. The lowest BCUT2D eigenvalue weighted by atomic mass is 10.2. The number of benzene rings is 1. The molecule has 0 fully saturated rings. The third-order valence-electron chi connectivity index (χ3n) is 2.58. The number of rotatable bonds is 2. The number of pyridine rings is 1. The highest BCUT2D eigenvalue weighted by Gasteiger charge is 2.15. The maximum atomic E-state index is 11.7. The standard InChI is InChI=1S/C11H9ClN2O3/c1-2-13-4-3-11(15)7-5-10(14(16)17)8(12)6-9(7)13/h3-6H,2H2,1H3. The van der Waals surface area contributed by atoms with Gasteiger partial charge in [-0.2, -0.15) is 0 Å². The zero-order valence-electron chi connectivity index (χ0n) is 9.01. The van der Waals surface area contributed by atoms with E-state index >= 15 is 0 Å². The van der Waals surface area contributed by atoms with Gasteiger partial charge in [-0.15, -0.1) is 0 Å². The van der Waals surface area contributed by atoms with Crippen LogP contribution in [0, 0.1) is 10.1 Å². The summed E-state index contributed by atoms with van der Waals surface area (Å²) in [6.07, 6.45) is 1.65. The van der Waals surface area contributed by atoms with Crippen molar-refractivity contribution in [3.63, 3.8) is 0 Å². The van der Waals surface area contributed by atoms with E-state index in [0.717, 1.165) is 0 Å². The molecular formula is C11H9ClN2O3. The van der Waals surface area contributed by atoms with Crippen molar-refractivity contribution in [2.45, 2.75) is 13.5 Å². The van der Waals surface area contributed by atoms with E-state index < -0.39 is 4.92 Å². The average Bonchev–Trinajstić information content (AvgIpc) is 2.28. The van der Waals surface area contributed by atoms with Crippen LogP contribution in [0.3, 0.4) is 0 Å². The molecule has 0 saturated carbocycles. The second kappa shape index (κ2) is 4.18. The summed E-state index contributed by atoms with van der Waals surface area (Å²) >= 11 is 5.82. The van der Waals surface area contributed by atoms with Crippen molar-refractivity contribution in [3.8, 4) is 0 Å². The zero-order valence-corrected chi connectivity index (χ0v) is 9.77. The molecule has 0 bridgehead atoms. The van der Waals surface area contributed by atoms with Crippen molar-refractivity contribution >= 4 is 28.2 Å². The first kappa shape index (κ1) is 11.6. The Morgan fingerprint density at radius 1 is 1.47 bits per heavy atom. The molecule has 2 rings (SSSR count). The van der Waals surface area contributed by atoms with Gasteiger partial charge in [0.15, 0.2) is 5.43 Å². The minimum absolute atomic E-state index is 0.0373. The molecule has 0 atom stereocenters. The average molecular weight is 253 g/mol. The number of fused-ring (bicyclic) bond motifs is 1. The molecule has 6 heteroatoms. The van der Waals surface area contributed by atoms with E-state index in [-0.39, 0.29) is 16.1 Å². The highest BCUT2D eigenvalue weighted by atomic mass is 35.5. The number of hydrogen-bond donors (Lipinski definition) is 0. The van der Waals surface area contributed by atoms with Crippen molar-refractivity contribution in [1.82, 2.24) is 4.57 Å². The van der Waals surface area contributed by atoms with Crippen LogP contribution in [0.15, 0.2) is 29.2 Å². The summed E-state index contributed by atoms with van der Waals surface area (Å²) in [5.74, 6) is 0. The number of hydrogen-bond acceptors (Lipinski definition) is 3. The second-order valence-electron chi connectivity index (χ2n) is 3.54. The summed E-state index contributed by atoms with van der Waals surface area (Å²) in [5.41, 5.74) is 0.116. The van der Waals surface area contributed by atoms with Gasteiger partial charge < -0.3 is 4.57 Å². The van der Waals surface area contributed by atoms with Crippen LogP contribution >= 0.6 is 11.6 Å². The smallest absolute Gasteiger partial charge is 0.288 e. The Labute approximate surface area is 101 Å². The molecule has 0 aliphatic rings. The Hall–Kier alpha value is -1.88. The highest BCUT2D eigenvalue weighted by Crippen LogP contribution is 2.28. The zero-order chi connectivity index (χ0) is 12.6. The van der Waals surface area contributed by atoms with Crippen LogP contribution in [-0.2, 0) is 6.54 Å². The Morgan fingerprint density at radius 2 is 2.18 bits per heavy atom. The van der Waals surface area contributed by atoms with E-state index in [4.69, 9.17) is 11.6 Å². The highest BCUT2D eigenvalue weighted by molar-refractivity contribution is 6.33. The third-order valence-corrected chi connectivity index (χ3v) is 2.89. The molecule has 5 nitrogen and oxygen atoms in total. The molecule has 1 heterocycles. The van der Waals surface area contributed by atoms with Gasteiger partial charge in [0.1, 0.15) is 5.02 Å². The fourth-order valence-corrected chi connectivity index (χ4v) is 1.96. The molecule has 0 unspecified atom stereocenters. The van der Waals surface area contributed by atoms with Gasteiger partial charge in [0, 0.05) is 24.9 Å². The summed E-state index contributed by atoms with van der Waals surface area (Å²) < 4.78 is 1.81. The van der Waals surface area contributed by atoms with Gasteiger partial charge in [-0.3, -0.25) is 14.9 Å². The van der Waals surface area contributed by atoms with Gasteiger partial charge in [-0.1, -0.05) is 11.6 Å². The normalized spacial score (nSPS) is 10.7.